The van der Waals surface area contributed by atoms with Crippen LogP contribution < -0.4 is 4.90 Å². The van der Waals surface area contributed by atoms with E-state index in [1.54, 1.807) is 0 Å². The van der Waals surface area contributed by atoms with Crippen molar-refractivity contribution in [2.24, 2.45) is 5.92 Å². The van der Waals surface area contributed by atoms with Gasteiger partial charge in [-0.15, -0.1) is 0 Å². The third kappa shape index (κ3) is 3.30. The first-order chi connectivity index (χ1) is 10.3. The smallest absolute Gasteiger partial charge is 0.226 e. The minimum absolute atomic E-state index is 0.283. The van der Waals surface area contributed by atoms with Gasteiger partial charge in [-0.2, -0.15) is 0 Å². The molecule has 1 amide bonds. The SMILES string of the molecule is CN1C(=O)CCC2CCCCCCC(C2)c2ccccc21. The van der Waals surface area contributed by atoms with Gasteiger partial charge in [-0.05, 0) is 42.7 Å². The highest BCUT2D eigenvalue weighted by Gasteiger charge is 2.26. The number of para-hydroxylation sites is 1. The molecule has 3 rings (SSSR count). The van der Waals surface area contributed by atoms with Crippen LogP contribution in [0.1, 0.15) is 69.3 Å². The fourth-order valence-corrected chi connectivity index (χ4v) is 4.13. The Kier molecular flexibility index (Phi) is 4.62. The average Bonchev–Trinajstić information content (AvgIpc) is 2.65. The maximum absolute atomic E-state index is 12.4. The fraction of sp³-hybridized carbons (Fsp3) is 0.632. The fourth-order valence-electron chi connectivity index (χ4n) is 4.13. The van der Waals surface area contributed by atoms with Gasteiger partial charge in [0, 0.05) is 19.2 Å². The Balaban J connectivity index is 1.98. The number of anilines is 1. The lowest BCUT2D eigenvalue weighted by Gasteiger charge is -2.25. The van der Waals surface area contributed by atoms with Crippen LogP contribution >= 0.6 is 0 Å². The van der Waals surface area contributed by atoms with Crippen molar-refractivity contribution in [3.63, 3.8) is 0 Å². The van der Waals surface area contributed by atoms with E-state index in [1.807, 2.05) is 11.9 Å². The molecule has 1 fully saturated rings. The summed E-state index contributed by atoms with van der Waals surface area (Å²) in [5.41, 5.74) is 2.55. The molecule has 2 bridgehead atoms. The van der Waals surface area contributed by atoms with Gasteiger partial charge in [-0.25, -0.2) is 0 Å². The summed E-state index contributed by atoms with van der Waals surface area (Å²) in [4.78, 5) is 14.3. The van der Waals surface area contributed by atoms with E-state index in [-0.39, 0.29) is 5.91 Å². The molecule has 0 spiro atoms. The lowest BCUT2D eigenvalue weighted by Crippen LogP contribution is -2.26. The van der Waals surface area contributed by atoms with Crippen molar-refractivity contribution in [2.45, 2.75) is 63.7 Å². The molecule has 1 aliphatic carbocycles. The highest BCUT2D eigenvalue weighted by molar-refractivity contribution is 5.93. The minimum Gasteiger partial charge on any atom is -0.315 e. The molecule has 1 heterocycles. The van der Waals surface area contributed by atoms with Gasteiger partial charge in [0.15, 0.2) is 0 Å². The lowest BCUT2D eigenvalue weighted by molar-refractivity contribution is -0.118. The van der Waals surface area contributed by atoms with Gasteiger partial charge in [0.25, 0.3) is 0 Å². The number of rotatable bonds is 0. The number of fused-ring (bicyclic) bond motifs is 4. The summed E-state index contributed by atoms with van der Waals surface area (Å²) < 4.78 is 0. The number of carbonyl (C=O) groups is 1. The van der Waals surface area contributed by atoms with E-state index in [0.717, 1.165) is 18.0 Å². The first-order valence-corrected chi connectivity index (χ1v) is 8.61. The number of hydrogen-bond acceptors (Lipinski definition) is 1. The van der Waals surface area contributed by atoms with E-state index in [0.29, 0.717) is 12.3 Å². The van der Waals surface area contributed by atoms with E-state index >= 15 is 0 Å². The maximum atomic E-state index is 12.4. The van der Waals surface area contributed by atoms with Crippen LogP contribution in [0.4, 0.5) is 5.69 Å². The van der Waals surface area contributed by atoms with Crippen molar-refractivity contribution in [1.29, 1.82) is 0 Å². The molecule has 2 unspecified atom stereocenters. The van der Waals surface area contributed by atoms with Crippen LogP contribution in [0.15, 0.2) is 24.3 Å². The first kappa shape index (κ1) is 14.6. The van der Waals surface area contributed by atoms with Crippen molar-refractivity contribution in [3.8, 4) is 0 Å². The van der Waals surface area contributed by atoms with Crippen LogP contribution in [0.25, 0.3) is 0 Å². The molecule has 21 heavy (non-hydrogen) atoms. The number of carbonyl (C=O) groups excluding carboxylic acids is 1. The molecular weight excluding hydrogens is 258 g/mol. The molecule has 1 saturated carbocycles. The first-order valence-electron chi connectivity index (χ1n) is 8.61. The van der Waals surface area contributed by atoms with Gasteiger partial charge in [0.1, 0.15) is 0 Å². The zero-order valence-corrected chi connectivity index (χ0v) is 13.2. The van der Waals surface area contributed by atoms with Gasteiger partial charge in [-0.1, -0.05) is 50.3 Å². The highest BCUT2D eigenvalue weighted by Crippen LogP contribution is 2.40. The topological polar surface area (TPSA) is 20.3 Å². The summed E-state index contributed by atoms with van der Waals surface area (Å²) in [5.74, 6) is 1.65. The quantitative estimate of drug-likeness (QED) is 0.664. The van der Waals surface area contributed by atoms with Gasteiger partial charge < -0.3 is 4.90 Å². The van der Waals surface area contributed by atoms with E-state index in [2.05, 4.69) is 24.3 Å². The van der Waals surface area contributed by atoms with Crippen LogP contribution in [0.5, 0.6) is 0 Å². The summed E-state index contributed by atoms with van der Waals surface area (Å²) >= 11 is 0. The van der Waals surface area contributed by atoms with Crippen LogP contribution in [0.2, 0.25) is 0 Å². The van der Waals surface area contributed by atoms with Crippen molar-refractivity contribution >= 4 is 11.6 Å². The Morgan fingerprint density at radius 3 is 2.62 bits per heavy atom. The molecule has 1 aromatic carbocycles. The van der Waals surface area contributed by atoms with Crippen molar-refractivity contribution in [3.05, 3.63) is 29.8 Å². The Hall–Kier alpha value is -1.31. The van der Waals surface area contributed by atoms with Gasteiger partial charge in [0.2, 0.25) is 5.91 Å². The van der Waals surface area contributed by atoms with Crippen molar-refractivity contribution < 1.29 is 4.79 Å². The highest BCUT2D eigenvalue weighted by atomic mass is 16.2. The average molecular weight is 285 g/mol. The van der Waals surface area contributed by atoms with Crippen LogP contribution in [0, 0.1) is 5.92 Å². The molecule has 1 aliphatic heterocycles. The maximum Gasteiger partial charge on any atom is 0.226 e. The third-order valence-electron chi connectivity index (χ3n) is 5.41. The number of hydrogen-bond donors (Lipinski definition) is 0. The number of benzene rings is 1. The van der Waals surface area contributed by atoms with E-state index < -0.39 is 0 Å². The molecule has 2 heteroatoms. The molecule has 114 valence electrons. The van der Waals surface area contributed by atoms with E-state index in [4.69, 9.17) is 0 Å². The van der Waals surface area contributed by atoms with Gasteiger partial charge in [-0.3, -0.25) is 4.79 Å². The molecule has 0 saturated heterocycles. The molecule has 0 aromatic heterocycles. The molecule has 1 aromatic rings. The Morgan fingerprint density at radius 2 is 1.76 bits per heavy atom. The zero-order valence-electron chi connectivity index (χ0n) is 13.2. The van der Waals surface area contributed by atoms with Crippen LogP contribution in [-0.4, -0.2) is 13.0 Å². The largest absolute Gasteiger partial charge is 0.315 e. The summed E-state index contributed by atoms with van der Waals surface area (Å²) in [6.07, 6.45) is 11.1. The van der Waals surface area contributed by atoms with Crippen LogP contribution in [0.3, 0.4) is 0 Å². The second-order valence-corrected chi connectivity index (χ2v) is 6.84. The minimum atomic E-state index is 0.283. The Morgan fingerprint density at radius 1 is 1.00 bits per heavy atom. The normalized spacial score (nSPS) is 27.5. The monoisotopic (exact) mass is 285 g/mol. The van der Waals surface area contributed by atoms with Crippen molar-refractivity contribution in [2.75, 3.05) is 11.9 Å². The molecule has 0 radical (unpaired) electrons. The summed E-state index contributed by atoms with van der Waals surface area (Å²) in [6, 6.07) is 8.58. The Labute approximate surface area is 128 Å². The van der Waals surface area contributed by atoms with E-state index in [1.165, 1.54) is 50.5 Å². The van der Waals surface area contributed by atoms with Gasteiger partial charge >= 0.3 is 0 Å². The summed E-state index contributed by atoms with van der Waals surface area (Å²) in [5, 5.41) is 0. The summed E-state index contributed by atoms with van der Waals surface area (Å²) in [6.45, 7) is 0. The van der Waals surface area contributed by atoms with Gasteiger partial charge in [0.05, 0.1) is 0 Å². The standard InChI is InChI=1S/C19H27NO/c1-20-18-11-7-6-10-17(18)16-9-5-3-2-4-8-15(14-16)12-13-19(20)21/h6-7,10-11,15-16H,2-5,8-9,12-14H2,1H3. The predicted molar refractivity (Wildman–Crippen MR) is 87.6 cm³/mol. The molecular formula is C19H27NO. The third-order valence-corrected chi connectivity index (χ3v) is 5.41. The zero-order chi connectivity index (χ0) is 14.7. The van der Waals surface area contributed by atoms with E-state index in [9.17, 15) is 4.79 Å². The lowest BCUT2D eigenvalue weighted by atomic mass is 9.82. The molecule has 2 nitrogen and oxygen atoms in total. The van der Waals surface area contributed by atoms with Crippen LogP contribution in [-0.2, 0) is 4.79 Å². The molecule has 0 N–H and O–H groups in total. The number of amides is 1. The Bertz CT molecular complexity index is 496. The second-order valence-electron chi connectivity index (χ2n) is 6.84. The molecule has 2 atom stereocenters. The molecule has 2 aliphatic rings. The number of nitrogens with zero attached hydrogens (tertiary/aromatic N) is 1. The summed E-state index contributed by atoms with van der Waals surface area (Å²) in [7, 11) is 1.95. The van der Waals surface area contributed by atoms with Crippen molar-refractivity contribution in [1.82, 2.24) is 0 Å². The second kappa shape index (κ2) is 6.64. The predicted octanol–water partition coefficient (Wildman–Crippen LogP) is 4.89.